The molecule has 0 bridgehead atoms. The number of halogens is 2. The molecule has 1 aliphatic rings. The largest absolute Gasteiger partial charge is 0.488 e. The van der Waals surface area contributed by atoms with Crippen LogP contribution in [-0.4, -0.2) is 39.3 Å². The third-order valence-electron chi connectivity index (χ3n) is 5.43. The van der Waals surface area contributed by atoms with Gasteiger partial charge in [-0.2, -0.15) is 0 Å². The van der Waals surface area contributed by atoms with Gasteiger partial charge in [0.1, 0.15) is 11.9 Å². The zero-order valence-electron chi connectivity index (χ0n) is 17.7. The minimum atomic E-state index is -3.71. The van der Waals surface area contributed by atoms with E-state index < -0.39 is 10.0 Å². The first-order chi connectivity index (χ1) is 15.8. The number of hydrogen-bond donors (Lipinski definition) is 2. The van der Waals surface area contributed by atoms with Gasteiger partial charge in [0.05, 0.1) is 18.0 Å². The number of fused-ring (bicyclic) bond motifs is 1. The second-order valence-electron chi connectivity index (χ2n) is 7.81. The van der Waals surface area contributed by atoms with Crippen molar-refractivity contribution in [3.05, 3.63) is 82.3 Å². The normalized spacial score (nSPS) is 15.4. The Morgan fingerprint density at radius 2 is 1.82 bits per heavy atom. The number of benzene rings is 3. The van der Waals surface area contributed by atoms with Crippen molar-refractivity contribution >= 4 is 44.6 Å². The van der Waals surface area contributed by atoms with E-state index >= 15 is 0 Å². The molecular weight excluding hydrogens is 483 g/mol. The van der Waals surface area contributed by atoms with Crippen LogP contribution in [-0.2, 0) is 16.4 Å². The molecule has 0 aromatic heterocycles. The lowest BCUT2D eigenvalue weighted by molar-refractivity contribution is 0.176. The SMILES string of the molecule is O=S(=O)(Nc1ccc2c(c1)CCC(CN(CCO)c1cccc(Cl)c1)O2)c1ccc(Cl)cc1. The van der Waals surface area contributed by atoms with E-state index in [0.717, 1.165) is 29.8 Å². The van der Waals surface area contributed by atoms with Crippen LogP contribution in [0.15, 0.2) is 71.6 Å². The maximum Gasteiger partial charge on any atom is 0.261 e. The van der Waals surface area contributed by atoms with Crippen molar-refractivity contribution in [2.24, 2.45) is 0 Å². The third kappa shape index (κ3) is 5.92. The van der Waals surface area contributed by atoms with Crippen molar-refractivity contribution in [1.82, 2.24) is 0 Å². The Morgan fingerprint density at radius 1 is 1.03 bits per heavy atom. The van der Waals surface area contributed by atoms with E-state index in [2.05, 4.69) is 9.62 Å². The second kappa shape index (κ2) is 10.2. The summed E-state index contributed by atoms with van der Waals surface area (Å²) in [5.41, 5.74) is 2.35. The molecule has 2 N–H and O–H groups in total. The Kier molecular flexibility index (Phi) is 7.34. The van der Waals surface area contributed by atoms with Gasteiger partial charge in [0.25, 0.3) is 10.0 Å². The van der Waals surface area contributed by atoms with Gasteiger partial charge in [-0.3, -0.25) is 4.72 Å². The van der Waals surface area contributed by atoms with Crippen LogP contribution in [0.3, 0.4) is 0 Å². The third-order valence-corrected chi connectivity index (χ3v) is 7.32. The summed E-state index contributed by atoms with van der Waals surface area (Å²) in [5, 5.41) is 10.6. The van der Waals surface area contributed by atoms with Gasteiger partial charge in [-0.05, 0) is 79.1 Å². The van der Waals surface area contributed by atoms with E-state index in [-0.39, 0.29) is 17.6 Å². The number of rotatable bonds is 8. The molecule has 0 amide bonds. The van der Waals surface area contributed by atoms with Crippen molar-refractivity contribution in [3.8, 4) is 5.75 Å². The molecule has 0 saturated heterocycles. The molecule has 1 aliphatic heterocycles. The summed E-state index contributed by atoms with van der Waals surface area (Å²) in [6, 6.07) is 18.8. The zero-order valence-corrected chi connectivity index (χ0v) is 20.1. The molecule has 3 aromatic rings. The first-order valence-corrected chi connectivity index (χ1v) is 12.8. The van der Waals surface area contributed by atoms with Gasteiger partial charge < -0.3 is 14.7 Å². The minimum absolute atomic E-state index is 0.0208. The van der Waals surface area contributed by atoms with Crippen LogP contribution < -0.4 is 14.4 Å². The van der Waals surface area contributed by atoms with Gasteiger partial charge in [0.2, 0.25) is 0 Å². The first-order valence-electron chi connectivity index (χ1n) is 10.5. The minimum Gasteiger partial charge on any atom is -0.488 e. The summed E-state index contributed by atoms with van der Waals surface area (Å²) in [5.74, 6) is 0.732. The molecule has 0 radical (unpaired) electrons. The fraction of sp³-hybridized carbons (Fsp3) is 0.250. The number of ether oxygens (including phenoxy) is 1. The van der Waals surface area contributed by atoms with Crippen molar-refractivity contribution < 1.29 is 18.3 Å². The van der Waals surface area contributed by atoms with Crippen molar-refractivity contribution in [2.75, 3.05) is 29.3 Å². The van der Waals surface area contributed by atoms with Gasteiger partial charge in [0.15, 0.2) is 0 Å². The highest BCUT2D eigenvalue weighted by Crippen LogP contribution is 2.32. The molecule has 6 nitrogen and oxygen atoms in total. The Bertz CT molecular complexity index is 1220. The summed E-state index contributed by atoms with van der Waals surface area (Å²) < 4.78 is 34.1. The van der Waals surface area contributed by atoms with Gasteiger partial charge in [0, 0.05) is 28.0 Å². The van der Waals surface area contributed by atoms with E-state index in [4.69, 9.17) is 27.9 Å². The fourth-order valence-corrected chi connectivity index (χ4v) is 5.19. The number of hydrogen-bond acceptors (Lipinski definition) is 5. The van der Waals surface area contributed by atoms with Crippen LogP contribution >= 0.6 is 23.2 Å². The molecule has 4 rings (SSSR count). The predicted molar refractivity (Wildman–Crippen MR) is 132 cm³/mol. The van der Waals surface area contributed by atoms with E-state index in [1.54, 1.807) is 24.3 Å². The summed E-state index contributed by atoms with van der Waals surface area (Å²) in [4.78, 5) is 2.20. The van der Waals surface area contributed by atoms with Crippen molar-refractivity contribution in [1.29, 1.82) is 0 Å². The van der Waals surface area contributed by atoms with Crippen LogP contribution in [0.4, 0.5) is 11.4 Å². The van der Waals surface area contributed by atoms with Crippen LogP contribution in [0.5, 0.6) is 5.75 Å². The van der Waals surface area contributed by atoms with Gasteiger partial charge in [-0.25, -0.2) is 8.42 Å². The maximum absolute atomic E-state index is 12.7. The molecule has 33 heavy (non-hydrogen) atoms. The monoisotopic (exact) mass is 506 g/mol. The number of aryl methyl sites for hydroxylation is 1. The van der Waals surface area contributed by atoms with E-state index in [9.17, 15) is 13.5 Å². The predicted octanol–water partition coefficient (Wildman–Crippen LogP) is 4.99. The molecule has 3 aromatic carbocycles. The lowest BCUT2D eigenvalue weighted by Gasteiger charge is -2.32. The van der Waals surface area contributed by atoms with Crippen LogP contribution in [0.1, 0.15) is 12.0 Å². The average molecular weight is 507 g/mol. The molecule has 0 saturated carbocycles. The van der Waals surface area contributed by atoms with Crippen LogP contribution in [0.25, 0.3) is 0 Å². The quantitative estimate of drug-likeness (QED) is 0.450. The zero-order chi connectivity index (χ0) is 23.4. The molecule has 0 aliphatic carbocycles. The Morgan fingerprint density at radius 3 is 2.55 bits per heavy atom. The first kappa shape index (κ1) is 23.7. The van der Waals surface area contributed by atoms with E-state index in [0.29, 0.717) is 28.8 Å². The van der Waals surface area contributed by atoms with E-state index in [1.807, 2.05) is 30.3 Å². The Labute approximate surface area is 203 Å². The van der Waals surface area contributed by atoms with Crippen molar-refractivity contribution in [2.45, 2.75) is 23.8 Å². The molecule has 1 atom stereocenters. The van der Waals surface area contributed by atoms with E-state index in [1.165, 1.54) is 12.1 Å². The lowest BCUT2D eigenvalue weighted by Crippen LogP contribution is -2.39. The lowest BCUT2D eigenvalue weighted by atomic mass is 10.0. The molecular formula is C24H24Cl2N2O4S. The molecule has 1 heterocycles. The summed E-state index contributed by atoms with van der Waals surface area (Å²) >= 11 is 12.0. The molecule has 9 heteroatoms. The Balaban J connectivity index is 1.45. The number of sulfonamides is 1. The number of nitrogens with zero attached hydrogens (tertiary/aromatic N) is 1. The van der Waals surface area contributed by atoms with Crippen molar-refractivity contribution in [3.63, 3.8) is 0 Å². The van der Waals surface area contributed by atoms with Gasteiger partial charge >= 0.3 is 0 Å². The highest BCUT2D eigenvalue weighted by atomic mass is 35.5. The molecule has 1 unspecified atom stereocenters. The smallest absolute Gasteiger partial charge is 0.261 e. The summed E-state index contributed by atoms with van der Waals surface area (Å²) in [7, 11) is -3.71. The van der Waals surface area contributed by atoms with Crippen LogP contribution in [0, 0.1) is 0 Å². The second-order valence-corrected chi connectivity index (χ2v) is 10.4. The number of anilines is 2. The fourth-order valence-electron chi connectivity index (χ4n) is 3.83. The van der Waals surface area contributed by atoms with Gasteiger partial charge in [-0.1, -0.05) is 29.3 Å². The van der Waals surface area contributed by atoms with Gasteiger partial charge in [-0.15, -0.1) is 0 Å². The summed E-state index contributed by atoms with van der Waals surface area (Å²) in [6.07, 6.45) is 1.45. The standard InChI is InChI=1S/C24H24Cl2N2O4S/c25-18-5-9-23(10-6-18)33(30,31)27-20-7-11-24-17(14-20)4-8-22(32-24)16-28(12-13-29)21-3-1-2-19(26)15-21/h1-3,5-7,9-11,14-15,22,27,29H,4,8,12-13,16H2. The van der Waals surface area contributed by atoms with Crippen LogP contribution in [0.2, 0.25) is 10.0 Å². The average Bonchev–Trinajstić information content (AvgIpc) is 2.79. The molecule has 0 fully saturated rings. The molecule has 0 spiro atoms. The highest BCUT2D eigenvalue weighted by molar-refractivity contribution is 7.92. The molecule has 174 valence electrons. The Hall–Kier alpha value is -2.45. The topological polar surface area (TPSA) is 78.9 Å². The number of aliphatic hydroxyl groups excluding tert-OH is 1. The number of nitrogens with one attached hydrogen (secondary N) is 1. The maximum atomic E-state index is 12.7. The number of aliphatic hydroxyl groups is 1. The highest BCUT2D eigenvalue weighted by Gasteiger charge is 2.23. The summed E-state index contributed by atoms with van der Waals surface area (Å²) in [6.45, 7) is 1.09.